The molecule has 18 heavy (non-hydrogen) atoms. The highest BCUT2D eigenvalue weighted by molar-refractivity contribution is 6.35. The maximum absolute atomic E-state index is 11.6. The molecular formula is C13H25N3O2. The topological polar surface area (TPSA) is 61.4 Å². The van der Waals surface area contributed by atoms with E-state index in [1.165, 1.54) is 6.42 Å². The number of likely N-dealkylation sites (tertiary alicyclic amines) is 1. The lowest BCUT2D eigenvalue weighted by Gasteiger charge is -2.22. The van der Waals surface area contributed by atoms with E-state index in [2.05, 4.69) is 22.5 Å². The fraction of sp³-hybridized carbons (Fsp3) is 0.846. The first-order valence-electron chi connectivity index (χ1n) is 6.91. The Morgan fingerprint density at radius 1 is 1.33 bits per heavy atom. The monoisotopic (exact) mass is 255 g/mol. The van der Waals surface area contributed by atoms with Crippen LogP contribution in [0.15, 0.2) is 0 Å². The molecule has 0 unspecified atom stereocenters. The smallest absolute Gasteiger partial charge is 0.309 e. The van der Waals surface area contributed by atoms with Gasteiger partial charge in [-0.25, -0.2) is 0 Å². The number of nitrogens with zero attached hydrogens (tertiary/aromatic N) is 1. The van der Waals surface area contributed by atoms with Crippen molar-refractivity contribution in [1.29, 1.82) is 0 Å². The van der Waals surface area contributed by atoms with Crippen LogP contribution in [0.25, 0.3) is 0 Å². The summed E-state index contributed by atoms with van der Waals surface area (Å²) in [5.41, 5.74) is 0. The molecule has 1 aliphatic heterocycles. The number of nitrogens with one attached hydrogen (secondary N) is 2. The van der Waals surface area contributed by atoms with Gasteiger partial charge in [0.1, 0.15) is 0 Å². The highest BCUT2D eigenvalue weighted by atomic mass is 16.2. The fourth-order valence-electron chi connectivity index (χ4n) is 2.22. The van der Waals surface area contributed by atoms with Crippen LogP contribution in [-0.2, 0) is 9.59 Å². The van der Waals surface area contributed by atoms with Crippen molar-refractivity contribution in [3.8, 4) is 0 Å². The summed E-state index contributed by atoms with van der Waals surface area (Å²) >= 11 is 0. The Kier molecular flexibility index (Phi) is 6.12. The van der Waals surface area contributed by atoms with E-state index in [1.807, 2.05) is 13.8 Å². The number of hydrogen-bond acceptors (Lipinski definition) is 3. The molecule has 0 radical (unpaired) electrons. The van der Waals surface area contributed by atoms with Gasteiger partial charge in [0.05, 0.1) is 0 Å². The molecule has 0 spiro atoms. The molecule has 5 nitrogen and oxygen atoms in total. The highest BCUT2D eigenvalue weighted by Gasteiger charge is 2.24. The van der Waals surface area contributed by atoms with Crippen molar-refractivity contribution in [3.05, 3.63) is 0 Å². The van der Waals surface area contributed by atoms with Gasteiger partial charge in [0.2, 0.25) is 0 Å². The standard InChI is InChI=1S/C13H25N3O2/c1-4-10(3)15-13(18)12(17)14-9-11-7-6-8-16(11)5-2/h10-11H,4-9H2,1-3H3,(H,14,17)(H,15,18)/t10-,11+/m0/s1. The summed E-state index contributed by atoms with van der Waals surface area (Å²) in [5, 5.41) is 5.39. The summed E-state index contributed by atoms with van der Waals surface area (Å²) in [7, 11) is 0. The molecule has 1 fully saturated rings. The second-order valence-electron chi connectivity index (χ2n) is 4.92. The van der Waals surface area contributed by atoms with E-state index in [0.29, 0.717) is 12.6 Å². The zero-order chi connectivity index (χ0) is 13.5. The Hall–Kier alpha value is -1.10. The van der Waals surface area contributed by atoms with E-state index in [0.717, 1.165) is 25.9 Å². The summed E-state index contributed by atoms with van der Waals surface area (Å²) in [6.45, 7) is 8.65. The average molecular weight is 255 g/mol. The highest BCUT2D eigenvalue weighted by Crippen LogP contribution is 2.15. The van der Waals surface area contributed by atoms with Crippen molar-refractivity contribution in [3.63, 3.8) is 0 Å². The zero-order valence-electron chi connectivity index (χ0n) is 11.7. The molecule has 0 bridgehead atoms. The largest absolute Gasteiger partial charge is 0.346 e. The normalized spacial score (nSPS) is 21.6. The molecule has 2 amide bonds. The van der Waals surface area contributed by atoms with Crippen LogP contribution in [0.4, 0.5) is 0 Å². The van der Waals surface area contributed by atoms with Gasteiger partial charge < -0.3 is 10.6 Å². The Bertz CT molecular complexity index is 294. The Balaban J connectivity index is 2.30. The summed E-state index contributed by atoms with van der Waals surface area (Å²) in [6, 6.07) is 0.428. The zero-order valence-corrected chi connectivity index (χ0v) is 11.7. The molecule has 1 rings (SSSR count). The molecule has 0 aromatic rings. The van der Waals surface area contributed by atoms with Gasteiger partial charge >= 0.3 is 11.8 Å². The second kappa shape index (κ2) is 7.36. The van der Waals surface area contributed by atoms with Crippen LogP contribution < -0.4 is 10.6 Å². The molecule has 1 heterocycles. The van der Waals surface area contributed by atoms with Gasteiger partial charge in [-0.05, 0) is 39.3 Å². The van der Waals surface area contributed by atoms with E-state index in [1.54, 1.807) is 0 Å². The first-order chi connectivity index (χ1) is 8.58. The number of carbonyl (C=O) groups excluding carboxylic acids is 2. The number of hydrogen-bond donors (Lipinski definition) is 2. The summed E-state index contributed by atoms with van der Waals surface area (Å²) < 4.78 is 0. The predicted molar refractivity (Wildman–Crippen MR) is 71.2 cm³/mol. The summed E-state index contributed by atoms with van der Waals surface area (Å²) in [6.07, 6.45) is 3.10. The minimum Gasteiger partial charge on any atom is -0.346 e. The first-order valence-corrected chi connectivity index (χ1v) is 6.91. The molecule has 104 valence electrons. The van der Waals surface area contributed by atoms with Crippen LogP contribution >= 0.6 is 0 Å². The third-order valence-corrected chi connectivity index (χ3v) is 3.60. The van der Waals surface area contributed by atoms with E-state index in [9.17, 15) is 9.59 Å². The molecular weight excluding hydrogens is 230 g/mol. The molecule has 0 aromatic heterocycles. The molecule has 2 N–H and O–H groups in total. The maximum atomic E-state index is 11.6. The van der Waals surface area contributed by atoms with Crippen LogP contribution in [0.1, 0.15) is 40.0 Å². The van der Waals surface area contributed by atoms with Gasteiger partial charge in [-0.3, -0.25) is 14.5 Å². The summed E-state index contributed by atoms with van der Waals surface area (Å²) in [4.78, 5) is 25.5. The van der Waals surface area contributed by atoms with Crippen molar-refractivity contribution in [2.45, 2.75) is 52.1 Å². The van der Waals surface area contributed by atoms with Gasteiger partial charge in [0, 0.05) is 18.6 Å². The Morgan fingerprint density at radius 3 is 2.67 bits per heavy atom. The van der Waals surface area contributed by atoms with Gasteiger partial charge in [-0.1, -0.05) is 13.8 Å². The number of amides is 2. The Morgan fingerprint density at radius 2 is 2.06 bits per heavy atom. The van der Waals surface area contributed by atoms with Crippen LogP contribution in [0.3, 0.4) is 0 Å². The minimum atomic E-state index is -0.523. The van der Waals surface area contributed by atoms with E-state index >= 15 is 0 Å². The van der Waals surface area contributed by atoms with E-state index in [-0.39, 0.29) is 6.04 Å². The maximum Gasteiger partial charge on any atom is 0.309 e. The third kappa shape index (κ3) is 4.29. The average Bonchev–Trinajstić information content (AvgIpc) is 2.82. The minimum absolute atomic E-state index is 0.0434. The first kappa shape index (κ1) is 15.0. The van der Waals surface area contributed by atoms with Crippen molar-refractivity contribution < 1.29 is 9.59 Å². The number of carbonyl (C=O) groups is 2. The van der Waals surface area contributed by atoms with Gasteiger partial charge in [0.15, 0.2) is 0 Å². The number of likely N-dealkylation sites (N-methyl/N-ethyl adjacent to an activating group) is 1. The molecule has 2 atom stereocenters. The van der Waals surface area contributed by atoms with Crippen LogP contribution in [0, 0.1) is 0 Å². The quantitative estimate of drug-likeness (QED) is 0.703. The van der Waals surface area contributed by atoms with E-state index in [4.69, 9.17) is 0 Å². The van der Waals surface area contributed by atoms with Crippen LogP contribution in [0.5, 0.6) is 0 Å². The van der Waals surface area contributed by atoms with Crippen LogP contribution in [-0.4, -0.2) is 48.4 Å². The second-order valence-corrected chi connectivity index (χ2v) is 4.92. The third-order valence-electron chi connectivity index (χ3n) is 3.60. The van der Waals surface area contributed by atoms with Gasteiger partial charge in [-0.15, -0.1) is 0 Å². The van der Waals surface area contributed by atoms with E-state index < -0.39 is 11.8 Å². The molecule has 5 heteroatoms. The van der Waals surface area contributed by atoms with Crippen LogP contribution in [0.2, 0.25) is 0 Å². The van der Waals surface area contributed by atoms with Crippen molar-refractivity contribution in [1.82, 2.24) is 15.5 Å². The molecule has 1 saturated heterocycles. The predicted octanol–water partition coefficient (Wildman–Crippen LogP) is 0.502. The molecule has 1 aliphatic rings. The lowest BCUT2D eigenvalue weighted by atomic mass is 10.2. The fourth-order valence-corrected chi connectivity index (χ4v) is 2.22. The molecule has 0 aliphatic carbocycles. The lowest BCUT2D eigenvalue weighted by molar-refractivity contribution is -0.139. The molecule has 0 saturated carbocycles. The van der Waals surface area contributed by atoms with Crippen molar-refractivity contribution >= 4 is 11.8 Å². The van der Waals surface area contributed by atoms with Crippen molar-refractivity contribution in [2.75, 3.05) is 19.6 Å². The number of rotatable bonds is 5. The SMILES string of the molecule is CC[C@H](C)NC(=O)C(=O)NC[C@H]1CCCN1CC. The van der Waals surface area contributed by atoms with Gasteiger partial charge in [0.25, 0.3) is 0 Å². The summed E-state index contributed by atoms with van der Waals surface area (Å²) in [5.74, 6) is -1.04. The lowest BCUT2D eigenvalue weighted by Crippen LogP contribution is -2.47. The molecule has 0 aromatic carbocycles. The van der Waals surface area contributed by atoms with Crippen molar-refractivity contribution in [2.24, 2.45) is 0 Å². The van der Waals surface area contributed by atoms with Gasteiger partial charge in [-0.2, -0.15) is 0 Å². The Labute approximate surface area is 109 Å².